The maximum absolute atomic E-state index is 15.2. The van der Waals surface area contributed by atoms with Gasteiger partial charge in [0.2, 0.25) is 0 Å². The van der Waals surface area contributed by atoms with Crippen molar-refractivity contribution >= 4 is 47.8 Å². The molecule has 0 amide bonds. The molecule has 1 aliphatic rings. The van der Waals surface area contributed by atoms with Crippen LogP contribution >= 0.6 is 24.8 Å². The van der Waals surface area contributed by atoms with Crippen molar-refractivity contribution in [1.82, 2.24) is 29.7 Å². The molecule has 1 aromatic carbocycles. The van der Waals surface area contributed by atoms with E-state index in [4.69, 9.17) is 9.90 Å². The van der Waals surface area contributed by atoms with Crippen LogP contribution in [0.3, 0.4) is 0 Å². The van der Waals surface area contributed by atoms with E-state index in [1.165, 1.54) is 0 Å². The van der Waals surface area contributed by atoms with Crippen molar-refractivity contribution in [3.8, 4) is 11.3 Å². The van der Waals surface area contributed by atoms with Gasteiger partial charge in [0, 0.05) is 16.9 Å². The second-order valence-corrected chi connectivity index (χ2v) is 8.53. The Balaban J connectivity index is 0.000000871. The normalized spacial score (nSPS) is 14.0. The Kier molecular flexibility index (Phi) is 10.5. The number of halogens is 3. The number of hydrogen-bond acceptors (Lipinski definition) is 6. The average molecular weight is 537 g/mol. The maximum atomic E-state index is 15.2. The second-order valence-electron chi connectivity index (χ2n) is 8.53. The summed E-state index contributed by atoms with van der Waals surface area (Å²) in [4.78, 5) is 15.4. The molecule has 0 bridgehead atoms. The van der Waals surface area contributed by atoms with Gasteiger partial charge >= 0.3 is 0 Å². The van der Waals surface area contributed by atoms with E-state index < -0.39 is 0 Å². The van der Waals surface area contributed by atoms with Gasteiger partial charge in [-0.2, -0.15) is 15.3 Å². The van der Waals surface area contributed by atoms with E-state index in [1.54, 1.807) is 10.6 Å². The molecular formula is C25H31Cl2FN6O2. The summed E-state index contributed by atoms with van der Waals surface area (Å²) in [5.41, 5.74) is 5.71. The molecule has 0 spiro atoms. The van der Waals surface area contributed by atoms with Crippen molar-refractivity contribution in [2.24, 2.45) is 0 Å². The van der Waals surface area contributed by atoms with Gasteiger partial charge in [-0.05, 0) is 75.6 Å². The fourth-order valence-electron chi connectivity index (χ4n) is 4.57. The van der Waals surface area contributed by atoms with Crippen LogP contribution in [0.2, 0.25) is 0 Å². The highest BCUT2D eigenvalue weighted by Crippen LogP contribution is 2.31. The summed E-state index contributed by atoms with van der Waals surface area (Å²) < 4.78 is 17.0. The summed E-state index contributed by atoms with van der Waals surface area (Å²) in [6.45, 7) is 9.16. The smallest absolute Gasteiger partial charge is 0.290 e. The van der Waals surface area contributed by atoms with Crippen molar-refractivity contribution in [2.75, 3.05) is 19.6 Å². The van der Waals surface area contributed by atoms with Crippen molar-refractivity contribution in [1.29, 1.82) is 0 Å². The highest BCUT2D eigenvalue weighted by molar-refractivity contribution is 5.86. The van der Waals surface area contributed by atoms with E-state index in [2.05, 4.69) is 39.0 Å². The first-order valence-corrected chi connectivity index (χ1v) is 11.6. The molecule has 1 N–H and O–H groups in total. The van der Waals surface area contributed by atoms with Gasteiger partial charge < -0.3 is 10.0 Å². The first kappa shape index (κ1) is 29.4. The monoisotopic (exact) mass is 536 g/mol. The molecule has 0 unspecified atom stereocenters. The number of piperidine rings is 1. The lowest BCUT2D eigenvalue weighted by molar-refractivity contribution is -0.122. The third-order valence-corrected chi connectivity index (χ3v) is 6.42. The van der Waals surface area contributed by atoms with Crippen LogP contribution in [0.1, 0.15) is 49.6 Å². The van der Waals surface area contributed by atoms with E-state index in [0.717, 1.165) is 61.5 Å². The minimum absolute atomic E-state index is 0. The lowest BCUT2D eigenvalue weighted by atomic mass is 9.92. The van der Waals surface area contributed by atoms with Crippen LogP contribution < -0.4 is 0 Å². The van der Waals surface area contributed by atoms with Crippen molar-refractivity contribution in [3.05, 3.63) is 53.2 Å². The van der Waals surface area contributed by atoms with E-state index in [-0.39, 0.29) is 37.1 Å². The molecule has 11 heteroatoms. The molecule has 4 heterocycles. The minimum Gasteiger partial charge on any atom is -0.483 e. The largest absolute Gasteiger partial charge is 0.483 e. The fraction of sp³-hybridized carbons (Fsp3) is 0.400. The summed E-state index contributed by atoms with van der Waals surface area (Å²) in [6, 6.07) is 7.32. The molecule has 4 aromatic rings. The molecule has 0 aliphatic carbocycles. The molecule has 5 rings (SSSR count). The zero-order valence-electron chi connectivity index (χ0n) is 20.5. The van der Waals surface area contributed by atoms with Crippen molar-refractivity contribution in [3.63, 3.8) is 0 Å². The molecule has 1 saturated heterocycles. The molecule has 1 aliphatic heterocycles. The van der Waals surface area contributed by atoms with Gasteiger partial charge in [-0.3, -0.25) is 4.79 Å². The first-order valence-electron chi connectivity index (χ1n) is 11.6. The van der Waals surface area contributed by atoms with Gasteiger partial charge in [0.05, 0.1) is 28.8 Å². The number of likely N-dealkylation sites (tertiary alicyclic amines) is 1. The van der Waals surface area contributed by atoms with Gasteiger partial charge in [-0.25, -0.2) is 13.9 Å². The molecule has 0 atom stereocenters. The molecular weight excluding hydrogens is 506 g/mol. The van der Waals surface area contributed by atoms with Crippen LogP contribution in [0.4, 0.5) is 4.39 Å². The molecule has 0 radical (unpaired) electrons. The number of benzene rings is 1. The molecule has 3 aromatic heterocycles. The first-order chi connectivity index (χ1) is 16.5. The van der Waals surface area contributed by atoms with E-state index in [0.29, 0.717) is 28.1 Å². The highest BCUT2D eigenvalue weighted by atomic mass is 35.5. The van der Waals surface area contributed by atoms with Gasteiger partial charge in [0.1, 0.15) is 5.82 Å². The van der Waals surface area contributed by atoms with E-state index in [9.17, 15) is 0 Å². The summed E-state index contributed by atoms with van der Waals surface area (Å²) in [6.07, 6.45) is 4.81. The lowest BCUT2D eigenvalue weighted by Gasteiger charge is -2.30. The Morgan fingerprint density at radius 2 is 1.81 bits per heavy atom. The van der Waals surface area contributed by atoms with Crippen LogP contribution in [0.25, 0.3) is 27.8 Å². The number of aromatic nitrogens is 5. The van der Waals surface area contributed by atoms with Crippen LogP contribution in [0.5, 0.6) is 0 Å². The average Bonchev–Trinajstić information content (AvgIpc) is 3.24. The van der Waals surface area contributed by atoms with E-state index >= 15 is 4.39 Å². The molecule has 36 heavy (non-hydrogen) atoms. The van der Waals surface area contributed by atoms with Gasteiger partial charge in [0.25, 0.3) is 6.47 Å². The predicted octanol–water partition coefficient (Wildman–Crippen LogP) is 5.09. The van der Waals surface area contributed by atoms with Crippen LogP contribution in [0, 0.1) is 12.7 Å². The zero-order chi connectivity index (χ0) is 24.2. The number of aryl methyl sites for hydroxylation is 2. The van der Waals surface area contributed by atoms with Crippen LogP contribution in [-0.4, -0.2) is 60.9 Å². The molecule has 8 nitrogen and oxygen atoms in total. The number of rotatable bonds is 4. The number of carboxylic acid groups (broad SMARTS) is 1. The zero-order valence-corrected chi connectivity index (χ0v) is 22.2. The fourth-order valence-corrected chi connectivity index (χ4v) is 4.57. The quantitative estimate of drug-likeness (QED) is 0.362. The Hall–Kier alpha value is -2.88. The Bertz CT molecular complexity index is 1330. The second kappa shape index (κ2) is 12.9. The topological polar surface area (TPSA) is 96.5 Å². The predicted molar refractivity (Wildman–Crippen MR) is 143 cm³/mol. The third-order valence-electron chi connectivity index (χ3n) is 6.42. The molecule has 0 saturated carbocycles. The van der Waals surface area contributed by atoms with Gasteiger partial charge in [-0.15, -0.1) is 24.8 Å². The number of imidazole rings is 1. The highest BCUT2D eigenvalue weighted by Gasteiger charge is 2.22. The van der Waals surface area contributed by atoms with Crippen LogP contribution in [-0.2, 0) is 11.2 Å². The number of carbonyl (C=O) groups is 1. The number of nitrogens with zero attached hydrogens (tertiary/aromatic N) is 6. The van der Waals surface area contributed by atoms with Gasteiger partial charge in [0.15, 0.2) is 5.65 Å². The Labute approximate surface area is 221 Å². The van der Waals surface area contributed by atoms with Crippen molar-refractivity contribution < 1.29 is 14.3 Å². The number of hydrogen-bond donors (Lipinski definition) is 1. The summed E-state index contributed by atoms with van der Waals surface area (Å²) in [5, 5.41) is 21.0. The van der Waals surface area contributed by atoms with E-state index in [1.807, 2.05) is 31.3 Å². The Morgan fingerprint density at radius 1 is 1.11 bits per heavy atom. The third kappa shape index (κ3) is 6.08. The number of fused-ring (bicyclic) bond motifs is 2. The minimum atomic E-state index is -0.281. The molecule has 1 fully saturated rings. The van der Waals surface area contributed by atoms with Crippen LogP contribution in [0.15, 0.2) is 30.5 Å². The molecule has 194 valence electrons. The Morgan fingerprint density at radius 3 is 2.44 bits per heavy atom. The summed E-state index contributed by atoms with van der Waals surface area (Å²) >= 11 is 0. The van der Waals surface area contributed by atoms with Gasteiger partial charge in [-0.1, -0.05) is 13.8 Å². The SMILES string of the molecule is CCc1cc(-c2cc(F)c3cc(C4CCN(CC)CC4)nnc3c2)nn2cc(C)nc12.Cl.Cl.O=CO. The standard InChI is InChI=1S/C24H27FN6.CH2O2.2ClH/c1-4-16-11-22(29-31-14-15(3)26-24(16)31)18-10-20(25)19-13-21(27-28-23(19)12-18)17-6-8-30(5-2)9-7-17;2-1-3;;/h10-14,17H,4-9H2,1-3H3;1H,(H,2,3);2*1H. The maximum Gasteiger partial charge on any atom is 0.290 e. The lowest BCUT2D eigenvalue weighted by Crippen LogP contribution is -2.32. The van der Waals surface area contributed by atoms with Crippen molar-refractivity contribution in [2.45, 2.75) is 46.0 Å². The summed E-state index contributed by atoms with van der Waals surface area (Å²) in [7, 11) is 0. The summed E-state index contributed by atoms with van der Waals surface area (Å²) in [5.74, 6) is 0.0656.